The predicted octanol–water partition coefficient (Wildman–Crippen LogP) is 2.98. The monoisotopic (exact) mass is 249 g/mol. The molecule has 0 spiro atoms. The Labute approximate surface area is 112 Å². The van der Waals surface area contributed by atoms with Crippen LogP contribution < -0.4 is 10.2 Å². The van der Waals surface area contributed by atoms with Gasteiger partial charge < -0.3 is 10.2 Å². The molecule has 0 saturated carbocycles. The van der Waals surface area contributed by atoms with Gasteiger partial charge in [-0.1, -0.05) is 27.7 Å². The number of hydrogen-bond acceptors (Lipinski definition) is 3. The molecule has 0 aliphatic carbocycles. The van der Waals surface area contributed by atoms with E-state index in [0.29, 0.717) is 12.0 Å². The van der Waals surface area contributed by atoms with Gasteiger partial charge in [0.25, 0.3) is 0 Å². The number of rotatable bonds is 6. The number of aryl methyl sites for hydroxylation is 1. The largest absolute Gasteiger partial charge is 0.359 e. The number of hydrogen-bond donors (Lipinski definition) is 1. The number of aromatic nitrogens is 1. The van der Waals surface area contributed by atoms with Gasteiger partial charge >= 0.3 is 0 Å². The van der Waals surface area contributed by atoms with Crippen LogP contribution in [0.3, 0.4) is 0 Å². The van der Waals surface area contributed by atoms with E-state index in [2.05, 4.69) is 69.0 Å². The maximum atomic E-state index is 4.61. The molecule has 0 fully saturated rings. The molecule has 3 nitrogen and oxygen atoms in total. The van der Waals surface area contributed by atoms with Crippen LogP contribution in [0.1, 0.15) is 39.0 Å². The Hall–Kier alpha value is -1.09. The first-order chi connectivity index (χ1) is 8.38. The molecule has 0 amide bonds. The highest BCUT2D eigenvalue weighted by atomic mass is 15.2. The Morgan fingerprint density at radius 2 is 1.89 bits per heavy atom. The summed E-state index contributed by atoms with van der Waals surface area (Å²) in [5, 5.41) is 3.45. The zero-order chi connectivity index (χ0) is 13.7. The molecular weight excluding hydrogens is 222 g/mol. The van der Waals surface area contributed by atoms with Gasteiger partial charge in [-0.2, -0.15) is 0 Å². The Bertz CT molecular complexity index is 372. The number of pyridine rings is 1. The summed E-state index contributed by atoms with van der Waals surface area (Å²) < 4.78 is 0. The Morgan fingerprint density at radius 3 is 2.44 bits per heavy atom. The lowest BCUT2D eigenvalue weighted by atomic mass is 10.2. The van der Waals surface area contributed by atoms with E-state index in [1.54, 1.807) is 0 Å². The fourth-order valence-electron chi connectivity index (χ4n) is 1.98. The van der Waals surface area contributed by atoms with Crippen LogP contribution in [0.5, 0.6) is 0 Å². The zero-order valence-corrected chi connectivity index (χ0v) is 12.6. The fourth-order valence-corrected chi connectivity index (χ4v) is 1.98. The van der Waals surface area contributed by atoms with Crippen molar-refractivity contribution in [1.29, 1.82) is 0 Å². The molecule has 1 heterocycles. The highest BCUT2D eigenvalue weighted by Gasteiger charge is 2.07. The van der Waals surface area contributed by atoms with Crippen molar-refractivity contribution in [3.8, 4) is 0 Å². The SMILES string of the molecule is Cc1cc(CNC(C)C)cc(N(C)CC(C)C)n1. The first-order valence-electron chi connectivity index (χ1n) is 6.80. The molecule has 0 atom stereocenters. The summed E-state index contributed by atoms with van der Waals surface area (Å²) in [5.74, 6) is 1.72. The van der Waals surface area contributed by atoms with Gasteiger partial charge in [0.2, 0.25) is 0 Å². The smallest absolute Gasteiger partial charge is 0.128 e. The second-order valence-corrected chi connectivity index (χ2v) is 5.78. The normalized spacial score (nSPS) is 11.3. The molecule has 0 unspecified atom stereocenters. The first kappa shape index (κ1) is 15.0. The fraction of sp³-hybridized carbons (Fsp3) is 0.667. The summed E-state index contributed by atoms with van der Waals surface area (Å²) in [6.45, 7) is 12.8. The lowest BCUT2D eigenvalue weighted by Crippen LogP contribution is -2.25. The summed E-state index contributed by atoms with van der Waals surface area (Å²) in [7, 11) is 2.11. The van der Waals surface area contributed by atoms with E-state index in [1.807, 2.05) is 0 Å². The maximum Gasteiger partial charge on any atom is 0.128 e. The van der Waals surface area contributed by atoms with Crippen LogP contribution in [0.2, 0.25) is 0 Å². The van der Waals surface area contributed by atoms with Crippen molar-refractivity contribution in [2.24, 2.45) is 5.92 Å². The third kappa shape index (κ3) is 5.05. The van der Waals surface area contributed by atoms with Gasteiger partial charge in [-0.05, 0) is 30.5 Å². The number of anilines is 1. The molecule has 1 aromatic heterocycles. The lowest BCUT2D eigenvalue weighted by molar-refractivity contribution is 0.587. The molecule has 0 aliphatic heterocycles. The van der Waals surface area contributed by atoms with E-state index in [0.717, 1.165) is 24.6 Å². The van der Waals surface area contributed by atoms with Crippen molar-refractivity contribution in [3.63, 3.8) is 0 Å². The first-order valence-corrected chi connectivity index (χ1v) is 6.80. The van der Waals surface area contributed by atoms with Crippen LogP contribution in [0.4, 0.5) is 5.82 Å². The van der Waals surface area contributed by atoms with Gasteiger partial charge in [0.05, 0.1) is 0 Å². The summed E-state index contributed by atoms with van der Waals surface area (Å²) in [6, 6.07) is 4.85. The van der Waals surface area contributed by atoms with E-state index in [-0.39, 0.29) is 0 Å². The van der Waals surface area contributed by atoms with E-state index in [4.69, 9.17) is 0 Å². The van der Waals surface area contributed by atoms with Crippen LogP contribution in [0.25, 0.3) is 0 Å². The predicted molar refractivity (Wildman–Crippen MR) is 79.1 cm³/mol. The number of nitrogens with zero attached hydrogens (tertiary/aromatic N) is 2. The van der Waals surface area contributed by atoms with Crippen LogP contribution in [-0.2, 0) is 6.54 Å². The molecule has 0 saturated heterocycles. The molecule has 0 radical (unpaired) electrons. The maximum absolute atomic E-state index is 4.61. The highest BCUT2D eigenvalue weighted by molar-refractivity contribution is 5.41. The second-order valence-electron chi connectivity index (χ2n) is 5.78. The highest BCUT2D eigenvalue weighted by Crippen LogP contribution is 2.15. The third-order valence-electron chi connectivity index (χ3n) is 2.74. The Balaban J connectivity index is 2.79. The zero-order valence-electron chi connectivity index (χ0n) is 12.6. The van der Waals surface area contributed by atoms with Gasteiger partial charge in [-0.3, -0.25) is 0 Å². The lowest BCUT2D eigenvalue weighted by Gasteiger charge is -2.21. The molecular formula is C15H27N3. The molecule has 0 aliphatic rings. The average molecular weight is 249 g/mol. The summed E-state index contributed by atoms with van der Waals surface area (Å²) in [4.78, 5) is 6.84. The van der Waals surface area contributed by atoms with Crippen LogP contribution in [0, 0.1) is 12.8 Å². The van der Waals surface area contributed by atoms with Crippen LogP contribution in [-0.4, -0.2) is 24.6 Å². The van der Waals surface area contributed by atoms with Crippen LogP contribution in [0.15, 0.2) is 12.1 Å². The topological polar surface area (TPSA) is 28.2 Å². The quantitative estimate of drug-likeness (QED) is 0.840. The van der Waals surface area contributed by atoms with Gasteiger partial charge in [0.15, 0.2) is 0 Å². The van der Waals surface area contributed by atoms with Crippen molar-refractivity contribution in [2.45, 2.75) is 47.2 Å². The molecule has 1 N–H and O–H groups in total. The molecule has 102 valence electrons. The second kappa shape index (κ2) is 6.74. The van der Waals surface area contributed by atoms with Gasteiger partial charge in [0, 0.05) is 31.9 Å². The van der Waals surface area contributed by atoms with Crippen molar-refractivity contribution in [2.75, 3.05) is 18.5 Å². The van der Waals surface area contributed by atoms with Crippen molar-refractivity contribution >= 4 is 5.82 Å². The van der Waals surface area contributed by atoms with Crippen molar-refractivity contribution in [3.05, 3.63) is 23.4 Å². The van der Waals surface area contributed by atoms with Crippen molar-refractivity contribution in [1.82, 2.24) is 10.3 Å². The van der Waals surface area contributed by atoms with E-state index >= 15 is 0 Å². The summed E-state index contributed by atoms with van der Waals surface area (Å²) in [6.07, 6.45) is 0. The van der Waals surface area contributed by atoms with Crippen molar-refractivity contribution < 1.29 is 0 Å². The van der Waals surface area contributed by atoms with E-state index in [9.17, 15) is 0 Å². The minimum absolute atomic E-state index is 0.510. The average Bonchev–Trinajstić information content (AvgIpc) is 2.24. The van der Waals surface area contributed by atoms with E-state index in [1.165, 1.54) is 5.56 Å². The third-order valence-corrected chi connectivity index (χ3v) is 2.74. The van der Waals surface area contributed by atoms with Crippen LogP contribution >= 0.6 is 0 Å². The molecule has 1 rings (SSSR count). The minimum Gasteiger partial charge on any atom is -0.359 e. The molecule has 1 aromatic rings. The molecule has 18 heavy (non-hydrogen) atoms. The van der Waals surface area contributed by atoms with Gasteiger partial charge in [-0.25, -0.2) is 4.98 Å². The Morgan fingerprint density at radius 1 is 1.22 bits per heavy atom. The molecule has 0 bridgehead atoms. The molecule has 3 heteroatoms. The number of nitrogens with one attached hydrogen (secondary N) is 1. The van der Waals surface area contributed by atoms with Gasteiger partial charge in [0.1, 0.15) is 5.82 Å². The standard InChI is InChI=1S/C15H27N3/c1-11(2)10-18(6)15-8-14(7-13(5)17-15)9-16-12(3)4/h7-8,11-12,16H,9-10H2,1-6H3. The van der Waals surface area contributed by atoms with E-state index < -0.39 is 0 Å². The summed E-state index contributed by atoms with van der Waals surface area (Å²) in [5.41, 5.74) is 2.39. The Kier molecular flexibility index (Phi) is 5.60. The summed E-state index contributed by atoms with van der Waals surface area (Å²) >= 11 is 0. The van der Waals surface area contributed by atoms with Gasteiger partial charge in [-0.15, -0.1) is 0 Å². The molecule has 0 aromatic carbocycles. The minimum atomic E-state index is 0.510.